The van der Waals surface area contributed by atoms with Crippen molar-refractivity contribution >= 4 is 32.3 Å². The van der Waals surface area contributed by atoms with Crippen LogP contribution in [0.1, 0.15) is 19.4 Å². The minimum atomic E-state index is -3.57. The fourth-order valence-electron chi connectivity index (χ4n) is 1.81. The first-order chi connectivity index (χ1) is 9.64. The van der Waals surface area contributed by atoms with Crippen LogP contribution in [0, 0.1) is 0 Å². The lowest BCUT2D eigenvalue weighted by molar-refractivity contribution is 0.536. The Balaban J connectivity index is 0.00000441. The molecule has 1 atom stereocenters. The van der Waals surface area contributed by atoms with Gasteiger partial charge in [-0.1, -0.05) is 19.1 Å². The summed E-state index contributed by atoms with van der Waals surface area (Å²) < 4.78 is 49.0. The van der Waals surface area contributed by atoms with Gasteiger partial charge in [0.1, 0.15) is 0 Å². The van der Waals surface area contributed by atoms with Gasteiger partial charge in [0.15, 0.2) is 9.84 Å². The molecule has 1 aromatic carbocycles. The van der Waals surface area contributed by atoms with E-state index in [2.05, 4.69) is 10.0 Å². The highest BCUT2D eigenvalue weighted by Crippen LogP contribution is 2.12. The Bertz CT molecular complexity index is 658. The highest BCUT2D eigenvalue weighted by atomic mass is 35.5. The summed E-state index contributed by atoms with van der Waals surface area (Å²) in [5.41, 5.74) is 0.567. The van der Waals surface area contributed by atoms with Gasteiger partial charge in [0.2, 0.25) is 10.0 Å². The van der Waals surface area contributed by atoms with Crippen LogP contribution in [0.25, 0.3) is 0 Å². The Morgan fingerprint density at radius 2 is 1.64 bits per heavy atom. The van der Waals surface area contributed by atoms with Gasteiger partial charge in [0.25, 0.3) is 0 Å². The van der Waals surface area contributed by atoms with Gasteiger partial charge >= 0.3 is 0 Å². The molecule has 0 heterocycles. The van der Waals surface area contributed by atoms with Crippen molar-refractivity contribution < 1.29 is 16.8 Å². The number of hydrogen-bond acceptors (Lipinski definition) is 5. The molecule has 2 N–H and O–H groups in total. The maximum Gasteiger partial charge on any atom is 0.240 e. The largest absolute Gasteiger partial charge is 0.313 e. The minimum absolute atomic E-state index is 0. The molecule has 1 aromatic rings. The van der Waals surface area contributed by atoms with Crippen LogP contribution in [-0.4, -0.2) is 42.2 Å². The second-order valence-corrected chi connectivity index (χ2v) is 8.93. The first kappa shape index (κ1) is 21.3. The molecular formula is C13H23ClN2O4S2. The maximum absolute atomic E-state index is 12.1. The predicted molar refractivity (Wildman–Crippen MR) is 90.6 cm³/mol. The van der Waals surface area contributed by atoms with E-state index in [4.69, 9.17) is 0 Å². The summed E-state index contributed by atoms with van der Waals surface area (Å²) in [6, 6.07) is 5.91. The Hall–Kier alpha value is -0.670. The average Bonchev–Trinajstić information content (AvgIpc) is 2.36. The van der Waals surface area contributed by atoms with Crippen molar-refractivity contribution in [3.63, 3.8) is 0 Å². The normalized spacial score (nSPS) is 13.4. The highest BCUT2D eigenvalue weighted by molar-refractivity contribution is 7.90. The zero-order chi connectivity index (χ0) is 16.1. The van der Waals surface area contributed by atoms with Gasteiger partial charge in [0.05, 0.1) is 10.6 Å². The van der Waals surface area contributed by atoms with Crippen molar-refractivity contribution in [3.05, 3.63) is 29.8 Å². The number of hydrogen-bond donors (Lipinski definition) is 2. The molecule has 0 aliphatic heterocycles. The van der Waals surface area contributed by atoms with E-state index >= 15 is 0 Å². The molecule has 6 nitrogen and oxygen atoms in total. The number of halogens is 1. The quantitative estimate of drug-likeness (QED) is 0.710. The van der Waals surface area contributed by atoms with E-state index in [1.54, 1.807) is 0 Å². The zero-order valence-corrected chi connectivity index (χ0v) is 15.3. The molecule has 0 aromatic heterocycles. The van der Waals surface area contributed by atoms with Crippen LogP contribution in [0.3, 0.4) is 0 Å². The topological polar surface area (TPSA) is 92.3 Å². The average molecular weight is 371 g/mol. The smallest absolute Gasteiger partial charge is 0.240 e. The van der Waals surface area contributed by atoms with Gasteiger partial charge in [-0.05, 0) is 31.2 Å². The van der Waals surface area contributed by atoms with Crippen molar-refractivity contribution in [1.82, 2.24) is 10.0 Å². The molecule has 0 spiro atoms. The molecule has 1 rings (SSSR count). The third kappa shape index (κ3) is 7.55. The fraction of sp³-hybridized carbons (Fsp3) is 0.538. The molecule has 22 heavy (non-hydrogen) atoms. The maximum atomic E-state index is 12.1. The standard InChI is InChI=1S/C13H22N2O4S2.ClH/c1-4-14-11(2)9-15-21(18,19)13-7-5-12(6-8-13)10-20(3,16)17;/h5-8,11,14-15H,4,9-10H2,1-3H3;1H/t11-;/m1./s1. The summed E-state index contributed by atoms with van der Waals surface area (Å²) in [6.07, 6.45) is 1.14. The molecule has 0 radical (unpaired) electrons. The Labute approximate surface area is 139 Å². The van der Waals surface area contributed by atoms with Crippen LogP contribution in [0.5, 0.6) is 0 Å². The zero-order valence-electron chi connectivity index (χ0n) is 12.9. The van der Waals surface area contributed by atoms with Crippen molar-refractivity contribution in [2.45, 2.75) is 30.5 Å². The number of sulfone groups is 1. The summed E-state index contributed by atoms with van der Waals surface area (Å²) in [5, 5.41) is 3.11. The van der Waals surface area contributed by atoms with Crippen molar-refractivity contribution in [2.24, 2.45) is 0 Å². The second kappa shape index (κ2) is 8.83. The summed E-state index contributed by atoms with van der Waals surface area (Å²) in [5.74, 6) is -0.0990. The number of benzene rings is 1. The molecule has 0 saturated carbocycles. The molecule has 0 aliphatic rings. The molecule has 0 aliphatic carbocycles. The first-order valence-corrected chi connectivity index (χ1v) is 10.2. The van der Waals surface area contributed by atoms with Gasteiger partial charge in [-0.15, -0.1) is 12.4 Å². The summed E-state index contributed by atoms with van der Waals surface area (Å²) in [6.45, 7) is 4.90. The lowest BCUT2D eigenvalue weighted by Crippen LogP contribution is -2.38. The minimum Gasteiger partial charge on any atom is -0.313 e. The molecule has 0 amide bonds. The monoisotopic (exact) mass is 370 g/mol. The van der Waals surface area contributed by atoms with E-state index in [1.165, 1.54) is 24.3 Å². The molecule has 0 bridgehead atoms. The Morgan fingerprint density at radius 1 is 1.09 bits per heavy atom. The Kier molecular flexibility index (Phi) is 8.56. The van der Waals surface area contributed by atoms with Gasteiger partial charge in [0, 0.05) is 18.8 Å². The molecule has 0 saturated heterocycles. The van der Waals surface area contributed by atoms with Crippen LogP contribution in [0.2, 0.25) is 0 Å². The molecule has 0 fully saturated rings. The predicted octanol–water partition coefficient (Wildman–Crippen LogP) is 0.929. The van der Waals surface area contributed by atoms with Crippen LogP contribution in [-0.2, 0) is 25.6 Å². The molecular weight excluding hydrogens is 348 g/mol. The van der Waals surface area contributed by atoms with Crippen LogP contribution >= 0.6 is 12.4 Å². The van der Waals surface area contributed by atoms with E-state index in [1.807, 2.05) is 13.8 Å². The van der Waals surface area contributed by atoms with Crippen LogP contribution in [0.4, 0.5) is 0 Å². The van der Waals surface area contributed by atoms with E-state index < -0.39 is 19.9 Å². The number of nitrogens with one attached hydrogen (secondary N) is 2. The SMILES string of the molecule is CCN[C@H](C)CNS(=O)(=O)c1ccc(CS(C)(=O)=O)cc1.Cl. The van der Waals surface area contributed by atoms with Crippen molar-refractivity contribution in [3.8, 4) is 0 Å². The van der Waals surface area contributed by atoms with Crippen molar-refractivity contribution in [2.75, 3.05) is 19.3 Å². The van der Waals surface area contributed by atoms with Crippen LogP contribution < -0.4 is 10.0 Å². The number of rotatable bonds is 8. The molecule has 9 heteroatoms. The van der Waals surface area contributed by atoms with E-state index in [0.29, 0.717) is 12.1 Å². The van der Waals surface area contributed by atoms with Gasteiger partial charge in [-0.3, -0.25) is 0 Å². The molecule has 128 valence electrons. The summed E-state index contributed by atoms with van der Waals surface area (Å²) in [4.78, 5) is 0.128. The van der Waals surface area contributed by atoms with Crippen LogP contribution in [0.15, 0.2) is 29.2 Å². The third-order valence-electron chi connectivity index (χ3n) is 2.79. The van der Waals surface area contributed by atoms with Crippen molar-refractivity contribution in [1.29, 1.82) is 0 Å². The third-order valence-corrected chi connectivity index (χ3v) is 5.09. The fourth-order valence-corrected chi connectivity index (χ4v) is 3.73. The second-order valence-electron chi connectivity index (χ2n) is 5.02. The number of likely N-dealkylation sites (N-methyl/N-ethyl adjacent to an activating group) is 1. The van der Waals surface area contributed by atoms with Gasteiger partial charge in [-0.2, -0.15) is 0 Å². The summed E-state index contributed by atoms with van der Waals surface area (Å²) >= 11 is 0. The number of sulfonamides is 1. The lowest BCUT2D eigenvalue weighted by atomic mass is 10.2. The molecule has 0 unspecified atom stereocenters. The Morgan fingerprint density at radius 3 is 2.09 bits per heavy atom. The van der Waals surface area contributed by atoms with Gasteiger partial charge in [-0.25, -0.2) is 21.6 Å². The van der Waals surface area contributed by atoms with Gasteiger partial charge < -0.3 is 5.32 Å². The summed E-state index contributed by atoms with van der Waals surface area (Å²) in [7, 11) is -6.70. The van der Waals surface area contributed by atoms with E-state index in [9.17, 15) is 16.8 Å². The van der Waals surface area contributed by atoms with E-state index in [0.717, 1.165) is 12.8 Å². The van der Waals surface area contributed by atoms with E-state index in [-0.39, 0.29) is 29.1 Å². The lowest BCUT2D eigenvalue weighted by Gasteiger charge is -2.13. The first-order valence-electron chi connectivity index (χ1n) is 6.64. The highest BCUT2D eigenvalue weighted by Gasteiger charge is 2.15.